The van der Waals surface area contributed by atoms with Crippen molar-refractivity contribution in [3.8, 4) is 16.9 Å². The Morgan fingerprint density at radius 3 is 2.62 bits per heavy atom. The number of nitrogens with one attached hydrogen (secondary N) is 2. The van der Waals surface area contributed by atoms with Crippen molar-refractivity contribution in [3.63, 3.8) is 0 Å². The molecule has 1 unspecified atom stereocenters. The fourth-order valence-corrected chi connectivity index (χ4v) is 4.34. The number of benzene rings is 2. The average Bonchev–Trinajstić information content (AvgIpc) is 3.33. The molecule has 0 saturated heterocycles. The molecule has 1 aromatic heterocycles. The van der Waals surface area contributed by atoms with Crippen LogP contribution >= 0.6 is 11.6 Å². The second kappa shape index (κ2) is 12.7. The molecular weight excluding hydrogens is 530 g/mol. The molecule has 0 radical (unpaired) electrons. The highest BCUT2D eigenvalue weighted by molar-refractivity contribution is 6.32. The number of nitrogens with two attached hydrogens (primary N) is 1. The zero-order valence-corrected chi connectivity index (χ0v) is 21.9. The van der Waals surface area contributed by atoms with Crippen molar-refractivity contribution in [2.75, 3.05) is 32.0 Å². The molecule has 8 nitrogen and oxygen atoms in total. The van der Waals surface area contributed by atoms with Gasteiger partial charge in [-0.2, -0.15) is 0 Å². The number of ether oxygens (including phenoxy) is 2. The molecule has 2 heterocycles. The summed E-state index contributed by atoms with van der Waals surface area (Å²) in [6.07, 6.45) is 4.61. The maximum absolute atomic E-state index is 14.8. The molecule has 0 fully saturated rings. The van der Waals surface area contributed by atoms with Gasteiger partial charge in [-0.15, -0.1) is 0 Å². The molecule has 1 aliphatic heterocycles. The summed E-state index contributed by atoms with van der Waals surface area (Å²) in [4.78, 5) is 28.4. The molecular formula is C28H27ClF2N4O4. The van der Waals surface area contributed by atoms with Crippen LogP contribution in [0.1, 0.15) is 28.4 Å². The third kappa shape index (κ3) is 7.10. The molecule has 0 aliphatic carbocycles. The van der Waals surface area contributed by atoms with Gasteiger partial charge in [-0.05, 0) is 66.1 Å². The van der Waals surface area contributed by atoms with Crippen LogP contribution in [-0.4, -0.2) is 49.2 Å². The average molecular weight is 557 g/mol. The minimum Gasteiger partial charge on any atom is -0.486 e. The van der Waals surface area contributed by atoms with Gasteiger partial charge < -0.3 is 25.8 Å². The van der Waals surface area contributed by atoms with Gasteiger partial charge >= 0.3 is 0 Å². The molecule has 3 aromatic rings. The number of fused-ring (bicyclic) bond motifs is 1. The number of rotatable bonds is 10. The van der Waals surface area contributed by atoms with E-state index in [0.717, 1.165) is 23.3 Å². The lowest BCUT2D eigenvalue weighted by Gasteiger charge is -2.12. The largest absolute Gasteiger partial charge is 0.486 e. The highest BCUT2D eigenvalue weighted by Crippen LogP contribution is 2.40. The minimum atomic E-state index is -0.991. The number of amides is 2. The fourth-order valence-electron chi connectivity index (χ4n) is 4.05. The van der Waals surface area contributed by atoms with Crippen LogP contribution in [0.5, 0.6) is 5.75 Å². The number of anilines is 1. The predicted molar refractivity (Wildman–Crippen MR) is 144 cm³/mol. The van der Waals surface area contributed by atoms with Gasteiger partial charge in [0.2, 0.25) is 5.91 Å². The van der Waals surface area contributed by atoms with E-state index >= 15 is 0 Å². The zero-order chi connectivity index (χ0) is 27.9. The molecule has 1 aliphatic rings. The van der Waals surface area contributed by atoms with Gasteiger partial charge in [0.1, 0.15) is 34.9 Å². The Labute approximate surface area is 229 Å². The van der Waals surface area contributed by atoms with Crippen molar-refractivity contribution < 1.29 is 27.8 Å². The number of pyridine rings is 1. The topological polar surface area (TPSA) is 116 Å². The molecule has 4 N–H and O–H groups in total. The first-order valence-corrected chi connectivity index (χ1v) is 12.6. The monoisotopic (exact) mass is 556 g/mol. The van der Waals surface area contributed by atoms with Crippen LogP contribution in [0.25, 0.3) is 17.2 Å². The van der Waals surface area contributed by atoms with Crippen molar-refractivity contribution in [1.29, 1.82) is 0 Å². The number of carbonyl (C=O) groups is 2. The summed E-state index contributed by atoms with van der Waals surface area (Å²) >= 11 is 6.42. The molecule has 39 heavy (non-hydrogen) atoms. The summed E-state index contributed by atoms with van der Waals surface area (Å²) in [6.45, 7) is 2.86. The molecule has 0 saturated carbocycles. The quantitative estimate of drug-likeness (QED) is 0.255. The summed E-state index contributed by atoms with van der Waals surface area (Å²) in [5, 5.41) is 5.48. The van der Waals surface area contributed by atoms with E-state index in [0.29, 0.717) is 30.2 Å². The SMILES string of the molecule is CCOCCNC(=O)c1c(F)cc(-c2cc(Cl)c3c(c2)CC(CNC(=O)/C=C/c2ccc(N)nc2)O3)cc1F. The second-order valence-electron chi connectivity index (χ2n) is 8.75. The normalized spacial score (nSPS) is 14.2. The van der Waals surface area contributed by atoms with Gasteiger partial charge in [0, 0.05) is 37.4 Å². The Bertz CT molecular complexity index is 1380. The van der Waals surface area contributed by atoms with Crippen molar-refractivity contribution >= 4 is 35.3 Å². The third-order valence-corrected chi connectivity index (χ3v) is 6.21. The Morgan fingerprint density at radius 2 is 1.92 bits per heavy atom. The van der Waals surface area contributed by atoms with Gasteiger partial charge in [0.25, 0.3) is 5.91 Å². The first-order chi connectivity index (χ1) is 18.7. The van der Waals surface area contributed by atoms with E-state index in [1.807, 2.05) is 0 Å². The maximum atomic E-state index is 14.8. The van der Waals surface area contributed by atoms with Gasteiger partial charge in [-0.3, -0.25) is 9.59 Å². The molecule has 0 bridgehead atoms. The molecule has 204 valence electrons. The van der Waals surface area contributed by atoms with Crippen molar-refractivity contribution in [3.05, 3.63) is 82.0 Å². The maximum Gasteiger partial charge on any atom is 0.257 e. The van der Waals surface area contributed by atoms with Crippen molar-refractivity contribution in [2.45, 2.75) is 19.4 Å². The molecule has 4 rings (SSSR count). The first-order valence-electron chi connectivity index (χ1n) is 12.3. The smallest absolute Gasteiger partial charge is 0.257 e. The molecule has 1 atom stereocenters. The lowest BCUT2D eigenvalue weighted by molar-refractivity contribution is -0.116. The van der Waals surface area contributed by atoms with E-state index in [2.05, 4.69) is 15.6 Å². The Balaban J connectivity index is 1.40. The van der Waals surface area contributed by atoms with Crippen LogP contribution < -0.4 is 21.1 Å². The van der Waals surface area contributed by atoms with Crippen LogP contribution in [0.15, 0.2) is 48.7 Å². The number of halogens is 3. The van der Waals surface area contributed by atoms with Gasteiger partial charge in [0.15, 0.2) is 0 Å². The molecule has 11 heteroatoms. The van der Waals surface area contributed by atoms with Crippen LogP contribution in [0.4, 0.5) is 14.6 Å². The number of nitrogen functional groups attached to an aromatic ring is 1. The lowest BCUT2D eigenvalue weighted by Crippen LogP contribution is -2.33. The van der Waals surface area contributed by atoms with Crippen LogP contribution in [-0.2, 0) is 16.0 Å². The summed E-state index contributed by atoms with van der Waals surface area (Å²) in [6, 6.07) is 8.84. The standard InChI is InChI=1S/C28H27ClF2N4O4/c1-2-38-8-7-33-28(37)26-22(30)12-18(13-23(26)31)17-9-19-10-20(39-27(19)21(29)11-17)15-35-25(36)6-4-16-3-5-24(32)34-14-16/h3-6,9,11-14,20H,2,7-8,10,15H2,1H3,(H2,32,34)(H,33,37)(H,35,36)/b6-4+. The third-order valence-electron chi connectivity index (χ3n) is 5.93. The number of carbonyl (C=O) groups excluding carboxylic acids is 2. The van der Waals surface area contributed by atoms with E-state index in [1.165, 1.54) is 6.08 Å². The van der Waals surface area contributed by atoms with E-state index < -0.39 is 23.1 Å². The molecule has 0 spiro atoms. The summed E-state index contributed by atoms with van der Waals surface area (Å²) in [5.74, 6) is -2.31. The predicted octanol–water partition coefficient (Wildman–Crippen LogP) is 4.16. The van der Waals surface area contributed by atoms with E-state index in [1.54, 1.807) is 43.5 Å². The number of nitrogens with zero attached hydrogens (tertiary/aromatic N) is 1. The van der Waals surface area contributed by atoms with Crippen molar-refractivity contribution in [1.82, 2.24) is 15.6 Å². The molecule has 2 amide bonds. The molecule has 2 aromatic carbocycles. The van der Waals surface area contributed by atoms with E-state index in [4.69, 9.17) is 26.8 Å². The summed E-state index contributed by atoms with van der Waals surface area (Å²) in [5.41, 5.74) is 7.04. The van der Waals surface area contributed by atoms with Crippen LogP contribution in [0.3, 0.4) is 0 Å². The zero-order valence-electron chi connectivity index (χ0n) is 21.1. The fraction of sp³-hybridized carbons (Fsp3) is 0.250. The Hall–Kier alpha value is -4.02. The number of aromatic nitrogens is 1. The van der Waals surface area contributed by atoms with Crippen LogP contribution in [0, 0.1) is 11.6 Å². The Kier molecular flexibility index (Phi) is 9.11. The van der Waals surface area contributed by atoms with Gasteiger partial charge in [-0.25, -0.2) is 13.8 Å². The lowest BCUT2D eigenvalue weighted by atomic mass is 9.99. The minimum absolute atomic E-state index is 0.131. The van der Waals surface area contributed by atoms with E-state index in [-0.39, 0.29) is 42.3 Å². The van der Waals surface area contributed by atoms with Crippen molar-refractivity contribution in [2.24, 2.45) is 0 Å². The van der Waals surface area contributed by atoms with Crippen LogP contribution in [0.2, 0.25) is 5.02 Å². The van der Waals surface area contributed by atoms with Gasteiger partial charge in [0.05, 0.1) is 18.2 Å². The highest BCUT2D eigenvalue weighted by atomic mass is 35.5. The second-order valence-corrected chi connectivity index (χ2v) is 9.16. The van der Waals surface area contributed by atoms with Gasteiger partial charge in [-0.1, -0.05) is 11.6 Å². The number of hydrogen-bond donors (Lipinski definition) is 3. The highest BCUT2D eigenvalue weighted by Gasteiger charge is 2.27. The summed E-state index contributed by atoms with van der Waals surface area (Å²) in [7, 11) is 0. The van der Waals surface area contributed by atoms with E-state index in [9.17, 15) is 18.4 Å². The summed E-state index contributed by atoms with van der Waals surface area (Å²) < 4.78 is 40.6. The first kappa shape index (κ1) is 28.0. The Morgan fingerprint density at radius 1 is 1.18 bits per heavy atom. The number of hydrogen-bond acceptors (Lipinski definition) is 6.